The van der Waals surface area contributed by atoms with Gasteiger partial charge in [0.1, 0.15) is 17.5 Å². The first-order chi connectivity index (χ1) is 14.4. The summed E-state index contributed by atoms with van der Waals surface area (Å²) >= 11 is 0. The molecule has 2 radical (unpaired) electrons. The van der Waals surface area contributed by atoms with Gasteiger partial charge in [-0.15, -0.1) is 0 Å². The number of allylic oxidation sites excluding steroid dienone is 6. The number of hydrogen-bond acceptors (Lipinski definition) is 2. The zero-order valence-electron chi connectivity index (χ0n) is 16.4. The number of nitrogens with one attached hydrogen (secondary N) is 2. The van der Waals surface area contributed by atoms with Crippen LogP contribution < -0.4 is 10.6 Å². The summed E-state index contributed by atoms with van der Waals surface area (Å²) in [6.07, 6.45) is -0.780. The molecule has 0 saturated carbocycles. The van der Waals surface area contributed by atoms with Gasteiger partial charge in [-0.25, -0.2) is 13.2 Å². The molecule has 0 saturated heterocycles. The van der Waals surface area contributed by atoms with E-state index in [-0.39, 0.29) is 11.3 Å². The van der Waals surface area contributed by atoms with E-state index < -0.39 is 70.9 Å². The fraction of sp³-hybridized carbons (Fsp3) is 0.333. The van der Waals surface area contributed by atoms with Crippen molar-refractivity contribution in [1.82, 2.24) is 10.6 Å². The highest BCUT2D eigenvalue weighted by atomic mass is 19.4. The van der Waals surface area contributed by atoms with E-state index in [4.69, 9.17) is 0 Å². The number of carbonyl (C=O) groups excluding carboxylic acids is 2. The molecule has 4 nitrogen and oxygen atoms in total. The van der Waals surface area contributed by atoms with Crippen molar-refractivity contribution in [3.63, 3.8) is 0 Å². The maximum absolute atomic E-state index is 14.0. The van der Waals surface area contributed by atoms with E-state index in [1.165, 1.54) is 6.92 Å². The SMILES string of the molecule is CC(C(=O)N[C@@H](C)C1=C(F)CC(F)=C[CH]1)C1=C(C(F)(F)F)C2C=C(F)[CH]C=C2NC1=O. The van der Waals surface area contributed by atoms with Gasteiger partial charge in [-0.05, 0) is 31.6 Å². The summed E-state index contributed by atoms with van der Waals surface area (Å²) in [4.78, 5) is 25.1. The van der Waals surface area contributed by atoms with Gasteiger partial charge in [0.2, 0.25) is 5.91 Å². The lowest BCUT2D eigenvalue weighted by Gasteiger charge is -2.34. The molecule has 3 rings (SSSR count). The van der Waals surface area contributed by atoms with Crippen molar-refractivity contribution in [2.45, 2.75) is 32.5 Å². The first-order valence-electron chi connectivity index (χ1n) is 9.33. The second-order valence-corrected chi connectivity index (χ2v) is 7.37. The lowest BCUT2D eigenvalue weighted by Crippen LogP contribution is -2.46. The summed E-state index contributed by atoms with van der Waals surface area (Å²) < 4.78 is 82.4. The van der Waals surface area contributed by atoms with Gasteiger partial charge in [0.25, 0.3) is 5.91 Å². The van der Waals surface area contributed by atoms with Crippen molar-refractivity contribution in [1.29, 1.82) is 0 Å². The van der Waals surface area contributed by atoms with Gasteiger partial charge in [-0.2, -0.15) is 13.2 Å². The van der Waals surface area contributed by atoms with Crippen molar-refractivity contribution in [3.8, 4) is 0 Å². The summed E-state index contributed by atoms with van der Waals surface area (Å²) in [6, 6.07) is -0.988. The number of rotatable bonds is 4. The number of carbonyl (C=O) groups is 2. The van der Waals surface area contributed by atoms with Crippen LogP contribution in [-0.4, -0.2) is 24.0 Å². The Morgan fingerprint density at radius 3 is 2.45 bits per heavy atom. The first kappa shape index (κ1) is 22.9. The number of fused-ring (bicyclic) bond motifs is 1. The molecule has 0 fully saturated rings. The molecule has 31 heavy (non-hydrogen) atoms. The Kier molecular flexibility index (Phi) is 6.20. The first-order valence-corrected chi connectivity index (χ1v) is 9.33. The molecule has 0 aromatic heterocycles. The quantitative estimate of drug-likeness (QED) is 0.633. The van der Waals surface area contributed by atoms with Crippen molar-refractivity contribution in [2.75, 3.05) is 0 Å². The van der Waals surface area contributed by atoms with Crippen LogP contribution in [0, 0.1) is 24.7 Å². The van der Waals surface area contributed by atoms with Crippen LogP contribution in [0.1, 0.15) is 20.3 Å². The molecule has 3 atom stereocenters. The van der Waals surface area contributed by atoms with Crippen molar-refractivity contribution >= 4 is 11.8 Å². The van der Waals surface area contributed by atoms with Gasteiger partial charge in [-0.1, -0.05) is 6.08 Å². The molecule has 2 unspecified atom stereocenters. The molecule has 1 heterocycles. The third-order valence-electron chi connectivity index (χ3n) is 5.22. The Morgan fingerprint density at radius 1 is 1.16 bits per heavy atom. The lowest BCUT2D eigenvalue weighted by atomic mass is 9.79. The number of amides is 2. The van der Waals surface area contributed by atoms with E-state index in [1.54, 1.807) is 0 Å². The molecule has 0 aromatic carbocycles. The van der Waals surface area contributed by atoms with Crippen LogP contribution in [0.4, 0.5) is 26.3 Å². The zero-order valence-corrected chi connectivity index (χ0v) is 16.4. The maximum atomic E-state index is 14.0. The molecule has 0 spiro atoms. The second-order valence-electron chi connectivity index (χ2n) is 7.37. The Morgan fingerprint density at radius 2 is 1.84 bits per heavy atom. The molecule has 2 N–H and O–H groups in total. The Hall–Kier alpha value is -2.78. The summed E-state index contributed by atoms with van der Waals surface area (Å²) in [5, 5.41) is 4.63. The lowest BCUT2D eigenvalue weighted by molar-refractivity contribution is -0.128. The fourth-order valence-electron chi connectivity index (χ4n) is 3.69. The van der Waals surface area contributed by atoms with E-state index in [2.05, 4.69) is 10.6 Å². The average molecular weight is 444 g/mol. The summed E-state index contributed by atoms with van der Waals surface area (Å²) in [5.41, 5.74) is -2.36. The minimum atomic E-state index is -5.01. The highest BCUT2D eigenvalue weighted by Gasteiger charge is 2.48. The van der Waals surface area contributed by atoms with Crippen molar-refractivity contribution < 1.29 is 35.9 Å². The topological polar surface area (TPSA) is 58.2 Å². The Labute approximate surface area is 174 Å². The van der Waals surface area contributed by atoms with Crippen LogP contribution in [0.15, 0.2) is 58.1 Å². The van der Waals surface area contributed by atoms with Gasteiger partial charge in [0, 0.05) is 24.1 Å². The van der Waals surface area contributed by atoms with Gasteiger partial charge < -0.3 is 10.6 Å². The minimum Gasteiger partial charge on any atom is -0.349 e. The second kappa shape index (κ2) is 8.39. The standard InChI is InChI=1S/C21H18F6N2O2/c1-9(19(30)28-10(2)13-5-3-12(23)8-15(13)24)17-18(21(25,26)27)14-7-11(22)4-6-16(14)29-20(17)31/h3-7,9-10,14H,8H2,1-2H3,(H,28,30)(H,29,31)/t9?,10-,14?/m0/s1. The highest BCUT2D eigenvalue weighted by molar-refractivity contribution is 6.03. The Balaban J connectivity index is 1.92. The predicted octanol–water partition coefficient (Wildman–Crippen LogP) is 4.37. The van der Waals surface area contributed by atoms with Gasteiger partial charge in [-0.3, -0.25) is 9.59 Å². The molecular weight excluding hydrogens is 426 g/mol. The molecular formula is C21H18F6N2O2. The average Bonchev–Trinajstić information content (AvgIpc) is 2.65. The molecule has 2 amide bonds. The highest BCUT2D eigenvalue weighted by Crippen LogP contribution is 2.44. The molecule has 166 valence electrons. The molecule has 10 heteroatoms. The van der Waals surface area contributed by atoms with Gasteiger partial charge in [0.05, 0.1) is 29.9 Å². The summed E-state index contributed by atoms with van der Waals surface area (Å²) in [5.74, 6) is -7.72. The zero-order chi connectivity index (χ0) is 23.1. The molecule has 2 aliphatic carbocycles. The van der Waals surface area contributed by atoms with Crippen molar-refractivity contribution in [3.05, 3.63) is 71.0 Å². The van der Waals surface area contributed by atoms with Crippen LogP contribution in [0.5, 0.6) is 0 Å². The van der Waals surface area contributed by atoms with Gasteiger partial charge in [0.15, 0.2) is 0 Å². The predicted molar refractivity (Wildman–Crippen MR) is 99.3 cm³/mol. The number of halogens is 6. The number of hydrogen-bond donors (Lipinski definition) is 2. The number of alkyl halides is 3. The third kappa shape index (κ3) is 4.62. The third-order valence-corrected chi connectivity index (χ3v) is 5.22. The monoisotopic (exact) mass is 444 g/mol. The summed E-state index contributed by atoms with van der Waals surface area (Å²) in [7, 11) is 0. The van der Waals surface area contributed by atoms with E-state index in [0.717, 1.165) is 31.9 Å². The molecule has 0 aromatic rings. The van der Waals surface area contributed by atoms with Gasteiger partial charge >= 0.3 is 6.18 Å². The normalized spacial score (nSPS) is 23.9. The van der Waals surface area contributed by atoms with Crippen LogP contribution in [-0.2, 0) is 9.59 Å². The fourth-order valence-corrected chi connectivity index (χ4v) is 3.69. The molecule has 1 aliphatic heterocycles. The van der Waals surface area contributed by atoms with Crippen LogP contribution >= 0.6 is 0 Å². The summed E-state index contributed by atoms with van der Waals surface area (Å²) in [6.45, 7) is 2.48. The maximum Gasteiger partial charge on any atom is 0.414 e. The van der Waals surface area contributed by atoms with E-state index >= 15 is 0 Å². The van der Waals surface area contributed by atoms with E-state index in [9.17, 15) is 35.9 Å². The minimum absolute atomic E-state index is 0.0295. The van der Waals surface area contributed by atoms with Crippen LogP contribution in [0.2, 0.25) is 0 Å². The van der Waals surface area contributed by atoms with E-state index in [1.807, 2.05) is 0 Å². The van der Waals surface area contributed by atoms with Crippen molar-refractivity contribution in [2.24, 2.45) is 11.8 Å². The molecule has 3 aliphatic rings. The van der Waals surface area contributed by atoms with E-state index in [0.29, 0.717) is 6.08 Å². The smallest absolute Gasteiger partial charge is 0.349 e. The Bertz CT molecular complexity index is 971. The largest absolute Gasteiger partial charge is 0.414 e. The van der Waals surface area contributed by atoms with Crippen LogP contribution in [0.3, 0.4) is 0 Å². The van der Waals surface area contributed by atoms with Crippen LogP contribution in [0.25, 0.3) is 0 Å². The molecule has 0 bridgehead atoms.